The van der Waals surface area contributed by atoms with Gasteiger partial charge in [0.15, 0.2) is 18.1 Å². The van der Waals surface area contributed by atoms with Gasteiger partial charge >= 0.3 is 5.97 Å². The Labute approximate surface area is 159 Å². The van der Waals surface area contributed by atoms with Crippen LogP contribution in [0.1, 0.15) is 5.56 Å². The summed E-state index contributed by atoms with van der Waals surface area (Å²) in [5.41, 5.74) is 1.06. The Morgan fingerprint density at radius 3 is 2.65 bits per heavy atom. The first-order valence-corrected chi connectivity index (χ1v) is 8.56. The van der Waals surface area contributed by atoms with E-state index in [4.69, 9.17) is 37.4 Å². The van der Waals surface area contributed by atoms with Gasteiger partial charge in [0.1, 0.15) is 13.2 Å². The summed E-state index contributed by atoms with van der Waals surface area (Å²) in [6, 6.07) is 10.1. The van der Waals surface area contributed by atoms with Crippen molar-refractivity contribution >= 4 is 40.8 Å². The Morgan fingerprint density at radius 1 is 1.08 bits per heavy atom. The van der Waals surface area contributed by atoms with Gasteiger partial charge in [0.25, 0.3) is 5.91 Å². The molecule has 6 nitrogen and oxygen atoms in total. The predicted octanol–water partition coefficient (Wildman–Crippen LogP) is 3.49. The third-order valence-corrected chi connectivity index (χ3v) is 4.36. The lowest BCUT2D eigenvalue weighted by molar-refractivity contribution is -0.146. The molecule has 0 aromatic heterocycles. The second-order valence-corrected chi connectivity index (χ2v) is 6.25. The average Bonchev–Trinajstić information content (AvgIpc) is 2.64. The van der Waals surface area contributed by atoms with E-state index in [1.807, 2.05) is 0 Å². The third kappa shape index (κ3) is 4.59. The Bertz CT molecular complexity index is 840. The van der Waals surface area contributed by atoms with Crippen LogP contribution in [0.2, 0.25) is 10.0 Å². The van der Waals surface area contributed by atoms with Gasteiger partial charge in [-0.25, -0.2) is 0 Å². The monoisotopic (exact) mass is 395 g/mol. The van der Waals surface area contributed by atoms with Crippen molar-refractivity contribution in [1.29, 1.82) is 0 Å². The highest BCUT2D eigenvalue weighted by atomic mass is 35.5. The molecule has 1 amide bonds. The third-order valence-electron chi connectivity index (χ3n) is 3.54. The van der Waals surface area contributed by atoms with Crippen molar-refractivity contribution in [2.75, 3.05) is 25.1 Å². The van der Waals surface area contributed by atoms with Gasteiger partial charge in [0.2, 0.25) is 0 Å². The fourth-order valence-electron chi connectivity index (χ4n) is 2.35. The molecule has 26 heavy (non-hydrogen) atoms. The second kappa shape index (κ2) is 8.29. The molecule has 0 saturated heterocycles. The van der Waals surface area contributed by atoms with Crippen LogP contribution < -0.4 is 14.8 Å². The number of halogens is 2. The molecule has 0 radical (unpaired) electrons. The molecule has 3 rings (SSSR count). The lowest BCUT2D eigenvalue weighted by atomic mass is 10.1. The quantitative estimate of drug-likeness (QED) is 0.784. The molecule has 0 fully saturated rings. The maximum atomic E-state index is 11.9. The topological polar surface area (TPSA) is 73.9 Å². The number of rotatable bonds is 5. The first-order chi connectivity index (χ1) is 12.5. The fraction of sp³-hybridized carbons (Fsp3) is 0.222. The molecule has 0 unspecified atom stereocenters. The molecule has 0 atom stereocenters. The molecule has 1 aliphatic heterocycles. The fourth-order valence-corrected chi connectivity index (χ4v) is 2.70. The molecule has 2 aromatic rings. The summed E-state index contributed by atoms with van der Waals surface area (Å²) in [4.78, 5) is 23.8. The summed E-state index contributed by atoms with van der Waals surface area (Å²) in [6.45, 7) is 0.541. The Balaban J connectivity index is 1.51. The van der Waals surface area contributed by atoms with Crippen molar-refractivity contribution in [3.8, 4) is 11.5 Å². The highest BCUT2D eigenvalue weighted by Gasteiger charge is 2.15. The zero-order chi connectivity index (χ0) is 18.5. The summed E-state index contributed by atoms with van der Waals surface area (Å²) in [5.74, 6) is 0.194. The number of carbonyl (C=O) groups is 2. The number of hydrogen-bond donors (Lipinski definition) is 1. The van der Waals surface area contributed by atoms with Crippen LogP contribution in [0.25, 0.3) is 0 Å². The van der Waals surface area contributed by atoms with E-state index in [1.165, 1.54) is 0 Å². The van der Waals surface area contributed by atoms with Crippen molar-refractivity contribution in [2.45, 2.75) is 6.42 Å². The number of ether oxygens (including phenoxy) is 3. The van der Waals surface area contributed by atoms with Gasteiger partial charge in [-0.05, 0) is 29.8 Å². The van der Waals surface area contributed by atoms with Crippen LogP contribution in [0.15, 0.2) is 36.4 Å². The largest absolute Gasteiger partial charge is 0.486 e. The molecule has 0 aliphatic carbocycles. The number of hydrogen-bond acceptors (Lipinski definition) is 5. The van der Waals surface area contributed by atoms with Gasteiger partial charge in [-0.2, -0.15) is 0 Å². The summed E-state index contributed by atoms with van der Waals surface area (Å²) in [6.07, 6.45) is 0.0157. The zero-order valence-electron chi connectivity index (χ0n) is 13.6. The van der Waals surface area contributed by atoms with Crippen LogP contribution in [0.3, 0.4) is 0 Å². The highest BCUT2D eigenvalue weighted by molar-refractivity contribution is 6.44. The number of esters is 1. The average molecular weight is 396 g/mol. The number of carbonyl (C=O) groups excluding carboxylic acids is 2. The highest BCUT2D eigenvalue weighted by Crippen LogP contribution is 2.31. The van der Waals surface area contributed by atoms with E-state index in [0.29, 0.717) is 41.0 Å². The van der Waals surface area contributed by atoms with Gasteiger partial charge < -0.3 is 19.5 Å². The summed E-state index contributed by atoms with van der Waals surface area (Å²) < 4.78 is 15.9. The first-order valence-electron chi connectivity index (χ1n) is 7.81. The van der Waals surface area contributed by atoms with Gasteiger partial charge in [-0.1, -0.05) is 35.3 Å². The lowest BCUT2D eigenvalue weighted by Gasteiger charge is -2.18. The van der Waals surface area contributed by atoms with Crippen molar-refractivity contribution in [3.63, 3.8) is 0 Å². The second-order valence-electron chi connectivity index (χ2n) is 5.47. The maximum Gasteiger partial charge on any atom is 0.310 e. The minimum atomic E-state index is -0.533. The minimum absolute atomic E-state index is 0.0157. The van der Waals surface area contributed by atoms with E-state index in [1.54, 1.807) is 36.4 Å². The smallest absolute Gasteiger partial charge is 0.310 e. The SMILES string of the molecule is O=C(COC(=O)Cc1ccc2c(c1)OCCO2)Nc1cccc(Cl)c1Cl. The van der Waals surface area contributed by atoms with Crippen LogP contribution in [-0.2, 0) is 20.7 Å². The van der Waals surface area contributed by atoms with Crippen LogP contribution in [0.5, 0.6) is 11.5 Å². The normalized spacial score (nSPS) is 12.4. The Morgan fingerprint density at radius 2 is 1.85 bits per heavy atom. The summed E-state index contributed by atoms with van der Waals surface area (Å²) in [7, 11) is 0. The Hall–Kier alpha value is -2.44. The lowest BCUT2D eigenvalue weighted by Crippen LogP contribution is -2.22. The van der Waals surface area contributed by atoms with E-state index in [2.05, 4.69) is 5.32 Å². The number of benzene rings is 2. The van der Waals surface area contributed by atoms with Crippen LogP contribution in [0.4, 0.5) is 5.69 Å². The van der Waals surface area contributed by atoms with Crippen molar-refractivity contribution < 1.29 is 23.8 Å². The molecule has 8 heteroatoms. The van der Waals surface area contributed by atoms with Gasteiger partial charge in [-0.3, -0.25) is 9.59 Å². The standard InChI is InChI=1S/C18H15Cl2NO5/c19-12-2-1-3-13(18(12)20)21-16(22)10-26-17(23)9-11-4-5-14-15(8-11)25-7-6-24-14/h1-5,8H,6-7,9-10H2,(H,21,22). The molecule has 2 aromatic carbocycles. The number of fused-ring (bicyclic) bond motifs is 1. The van der Waals surface area contributed by atoms with Crippen molar-refractivity contribution in [1.82, 2.24) is 0 Å². The minimum Gasteiger partial charge on any atom is -0.486 e. The van der Waals surface area contributed by atoms with E-state index >= 15 is 0 Å². The maximum absolute atomic E-state index is 11.9. The number of anilines is 1. The molecule has 0 saturated carbocycles. The molecule has 0 bridgehead atoms. The van der Waals surface area contributed by atoms with E-state index in [9.17, 15) is 9.59 Å². The summed E-state index contributed by atoms with van der Waals surface area (Å²) in [5, 5.41) is 3.09. The van der Waals surface area contributed by atoms with Gasteiger partial charge in [-0.15, -0.1) is 0 Å². The molecule has 0 spiro atoms. The van der Waals surface area contributed by atoms with Gasteiger partial charge in [0, 0.05) is 0 Å². The molecule has 1 aliphatic rings. The van der Waals surface area contributed by atoms with Crippen LogP contribution in [0, 0.1) is 0 Å². The molecular weight excluding hydrogens is 381 g/mol. The van der Waals surface area contributed by atoms with Crippen LogP contribution >= 0.6 is 23.2 Å². The van der Waals surface area contributed by atoms with E-state index in [0.717, 1.165) is 0 Å². The van der Waals surface area contributed by atoms with Gasteiger partial charge in [0.05, 0.1) is 22.2 Å². The predicted molar refractivity (Wildman–Crippen MR) is 97.2 cm³/mol. The Kier molecular flexibility index (Phi) is 5.85. The molecule has 1 N–H and O–H groups in total. The van der Waals surface area contributed by atoms with Crippen molar-refractivity contribution in [2.24, 2.45) is 0 Å². The number of amides is 1. The molecule has 136 valence electrons. The zero-order valence-corrected chi connectivity index (χ0v) is 15.1. The molecule has 1 heterocycles. The molecular formula is C18H15Cl2NO5. The van der Waals surface area contributed by atoms with Crippen LogP contribution in [-0.4, -0.2) is 31.7 Å². The first kappa shape index (κ1) is 18.4. The van der Waals surface area contributed by atoms with E-state index in [-0.39, 0.29) is 11.4 Å². The summed E-state index contributed by atoms with van der Waals surface area (Å²) >= 11 is 11.9. The number of nitrogens with one attached hydrogen (secondary N) is 1. The van der Waals surface area contributed by atoms with E-state index < -0.39 is 18.5 Å². The van der Waals surface area contributed by atoms with Crippen molar-refractivity contribution in [3.05, 3.63) is 52.0 Å².